The van der Waals surface area contributed by atoms with Crippen LogP contribution >= 0.6 is 11.3 Å². The fraction of sp³-hybridized carbons (Fsp3) is 0.833. The summed E-state index contributed by atoms with van der Waals surface area (Å²) in [7, 11) is 0. The van der Waals surface area contributed by atoms with Crippen LogP contribution in [0.15, 0.2) is 0 Å². The molecule has 1 N–H and O–H groups in total. The number of ether oxygens (including phenoxy) is 1. The summed E-state index contributed by atoms with van der Waals surface area (Å²) in [6.45, 7) is 8.04. The number of aromatic nitrogens is 2. The largest absolute Gasteiger partial charge is 0.365 e. The first-order valence-corrected chi connectivity index (χ1v) is 10.6. The molecule has 1 aliphatic carbocycles. The number of morpholine rings is 1. The van der Waals surface area contributed by atoms with Crippen molar-refractivity contribution in [2.45, 2.75) is 38.7 Å². The number of likely N-dealkylation sites (tertiary alicyclic amines) is 1. The molecule has 26 heavy (non-hydrogen) atoms. The Morgan fingerprint density at radius 1 is 1.15 bits per heavy atom. The van der Waals surface area contributed by atoms with Crippen LogP contribution in [0.5, 0.6) is 0 Å². The molecule has 0 bridgehead atoms. The predicted octanol–water partition coefficient (Wildman–Crippen LogP) is 1.61. The number of hydrogen-bond donors (Lipinski definition) is 1. The number of amides is 1. The van der Waals surface area contributed by atoms with Gasteiger partial charge in [0, 0.05) is 26.2 Å². The van der Waals surface area contributed by atoms with E-state index >= 15 is 0 Å². The van der Waals surface area contributed by atoms with Crippen molar-refractivity contribution in [3.8, 4) is 0 Å². The Labute approximate surface area is 159 Å². The van der Waals surface area contributed by atoms with Crippen molar-refractivity contribution in [3.63, 3.8) is 0 Å². The summed E-state index contributed by atoms with van der Waals surface area (Å²) in [5.41, 5.74) is 0. The van der Waals surface area contributed by atoms with E-state index < -0.39 is 0 Å². The molecule has 2 aliphatic heterocycles. The van der Waals surface area contributed by atoms with Crippen LogP contribution in [-0.2, 0) is 9.53 Å². The van der Waals surface area contributed by atoms with E-state index in [2.05, 4.69) is 20.4 Å². The molecule has 1 aromatic rings. The Morgan fingerprint density at radius 3 is 2.62 bits per heavy atom. The van der Waals surface area contributed by atoms with E-state index in [0.717, 1.165) is 22.6 Å². The lowest BCUT2D eigenvalue weighted by molar-refractivity contribution is -0.149. The summed E-state index contributed by atoms with van der Waals surface area (Å²) >= 11 is 1.54. The van der Waals surface area contributed by atoms with Crippen molar-refractivity contribution in [3.05, 3.63) is 5.01 Å². The SMILES string of the molecule is Cc1nnc(NC[C@H]2CN(CC3CCN(CC4CC4)CC3)C(=O)CO2)s1. The summed E-state index contributed by atoms with van der Waals surface area (Å²) in [5, 5.41) is 13.1. The predicted molar refractivity (Wildman–Crippen MR) is 101 cm³/mol. The van der Waals surface area contributed by atoms with Crippen molar-refractivity contribution in [1.82, 2.24) is 20.0 Å². The van der Waals surface area contributed by atoms with Gasteiger partial charge in [-0.25, -0.2) is 0 Å². The Bertz CT molecular complexity index is 612. The van der Waals surface area contributed by atoms with Gasteiger partial charge in [0.25, 0.3) is 0 Å². The van der Waals surface area contributed by atoms with Crippen molar-refractivity contribution < 1.29 is 9.53 Å². The molecule has 3 fully saturated rings. The Kier molecular flexibility index (Phi) is 5.71. The van der Waals surface area contributed by atoms with Gasteiger partial charge in [-0.3, -0.25) is 4.79 Å². The summed E-state index contributed by atoms with van der Waals surface area (Å²) < 4.78 is 5.70. The number of aryl methyl sites for hydroxylation is 1. The maximum atomic E-state index is 12.3. The Balaban J connectivity index is 1.21. The van der Waals surface area contributed by atoms with Gasteiger partial charge in [0.15, 0.2) is 0 Å². The van der Waals surface area contributed by atoms with E-state index in [1.165, 1.54) is 45.3 Å². The minimum absolute atomic E-state index is 0.0202. The summed E-state index contributed by atoms with van der Waals surface area (Å²) in [6, 6.07) is 0. The molecule has 7 nitrogen and oxygen atoms in total. The van der Waals surface area contributed by atoms with Crippen LogP contribution in [0.1, 0.15) is 30.7 Å². The van der Waals surface area contributed by atoms with E-state index in [0.29, 0.717) is 19.0 Å². The Morgan fingerprint density at radius 2 is 1.92 bits per heavy atom. The van der Waals surface area contributed by atoms with Gasteiger partial charge in [-0.15, -0.1) is 10.2 Å². The highest BCUT2D eigenvalue weighted by atomic mass is 32.1. The molecule has 1 atom stereocenters. The lowest BCUT2D eigenvalue weighted by Gasteiger charge is -2.38. The van der Waals surface area contributed by atoms with Gasteiger partial charge in [-0.05, 0) is 57.5 Å². The highest BCUT2D eigenvalue weighted by Crippen LogP contribution is 2.31. The molecular weight excluding hydrogens is 350 g/mol. The van der Waals surface area contributed by atoms with Crippen LogP contribution < -0.4 is 5.32 Å². The van der Waals surface area contributed by atoms with E-state index in [9.17, 15) is 4.79 Å². The first-order valence-electron chi connectivity index (χ1n) is 9.81. The molecule has 1 amide bonds. The number of rotatable bonds is 7. The lowest BCUT2D eigenvalue weighted by Crippen LogP contribution is -2.51. The number of hydrogen-bond acceptors (Lipinski definition) is 7. The third-order valence-corrected chi connectivity index (χ3v) is 6.42. The summed E-state index contributed by atoms with van der Waals surface area (Å²) in [5.74, 6) is 1.73. The van der Waals surface area contributed by atoms with Gasteiger partial charge in [0.05, 0.1) is 6.10 Å². The molecule has 1 saturated carbocycles. The van der Waals surface area contributed by atoms with Crippen LogP contribution in [0.25, 0.3) is 0 Å². The molecule has 1 aromatic heterocycles. The smallest absolute Gasteiger partial charge is 0.248 e. The second kappa shape index (κ2) is 8.19. The van der Waals surface area contributed by atoms with Crippen molar-refractivity contribution in [2.75, 3.05) is 51.2 Å². The fourth-order valence-corrected chi connectivity index (χ4v) is 4.48. The highest BCUT2D eigenvalue weighted by Gasteiger charge is 2.31. The Hall–Kier alpha value is -1.25. The van der Waals surface area contributed by atoms with Gasteiger partial charge in [-0.2, -0.15) is 0 Å². The minimum Gasteiger partial charge on any atom is -0.365 e. The zero-order valence-electron chi connectivity index (χ0n) is 15.5. The number of nitrogens with one attached hydrogen (secondary N) is 1. The van der Waals surface area contributed by atoms with Crippen LogP contribution in [0.4, 0.5) is 5.13 Å². The first kappa shape index (κ1) is 18.1. The van der Waals surface area contributed by atoms with Gasteiger partial charge in [0.1, 0.15) is 11.6 Å². The van der Waals surface area contributed by atoms with Crippen molar-refractivity contribution >= 4 is 22.4 Å². The van der Waals surface area contributed by atoms with Gasteiger partial charge < -0.3 is 19.9 Å². The molecule has 3 heterocycles. The van der Waals surface area contributed by atoms with Crippen LogP contribution in [-0.4, -0.2) is 77.9 Å². The van der Waals surface area contributed by atoms with Gasteiger partial charge in [0.2, 0.25) is 11.0 Å². The monoisotopic (exact) mass is 379 g/mol. The maximum absolute atomic E-state index is 12.3. The number of carbonyl (C=O) groups is 1. The molecule has 0 radical (unpaired) electrons. The molecule has 2 saturated heterocycles. The summed E-state index contributed by atoms with van der Waals surface area (Å²) in [6.07, 6.45) is 5.30. The highest BCUT2D eigenvalue weighted by molar-refractivity contribution is 7.15. The second-order valence-corrected chi connectivity index (χ2v) is 9.11. The molecule has 3 aliphatic rings. The average Bonchev–Trinajstić information content (AvgIpc) is 3.36. The molecular formula is C18H29N5O2S. The van der Waals surface area contributed by atoms with Crippen molar-refractivity contribution in [1.29, 1.82) is 0 Å². The van der Waals surface area contributed by atoms with E-state index in [4.69, 9.17) is 4.74 Å². The number of nitrogens with zero attached hydrogens (tertiary/aromatic N) is 4. The molecule has 0 spiro atoms. The quantitative estimate of drug-likeness (QED) is 0.776. The summed E-state index contributed by atoms with van der Waals surface area (Å²) in [4.78, 5) is 16.9. The van der Waals surface area contributed by atoms with Crippen LogP contribution in [0, 0.1) is 18.8 Å². The number of anilines is 1. The zero-order valence-corrected chi connectivity index (χ0v) is 16.3. The third-order valence-electron chi connectivity index (χ3n) is 5.63. The standard InChI is InChI=1S/C18H29N5O2S/c1-13-20-21-18(26-13)19-8-16-11-23(17(24)12-25-16)10-15-4-6-22(7-5-15)9-14-2-3-14/h14-16H,2-12H2,1H3,(H,19,21)/t16-/m0/s1. The first-order chi connectivity index (χ1) is 12.7. The fourth-order valence-electron chi connectivity index (χ4n) is 3.88. The van der Waals surface area contributed by atoms with Crippen LogP contribution in [0.3, 0.4) is 0 Å². The lowest BCUT2D eigenvalue weighted by atomic mass is 9.95. The molecule has 0 aromatic carbocycles. The molecule has 144 valence electrons. The molecule has 8 heteroatoms. The van der Waals surface area contributed by atoms with E-state index in [1.54, 1.807) is 11.3 Å². The topological polar surface area (TPSA) is 70.6 Å². The van der Waals surface area contributed by atoms with Gasteiger partial charge in [-0.1, -0.05) is 11.3 Å². The average molecular weight is 380 g/mol. The maximum Gasteiger partial charge on any atom is 0.248 e. The van der Waals surface area contributed by atoms with Crippen LogP contribution in [0.2, 0.25) is 0 Å². The van der Waals surface area contributed by atoms with Gasteiger partial charge >= 0.3 is 0 Å². The normalized spacial score (nSPS) is 25.7. The molecule has 0 unspecified atom stereocenters. The van der Waals surface area contributed by atoms with E-state index in [1.807, 2.05) is 11.8 Å². The minimum atomic E-state index is 0.0202. The number of piperidine rings is 1. The van der Waals surface area contributed by atoms with Crippen molar-refractivity contribution in [2.24, 2.45) is 11.8 Å². The second-order valence-electron chi connectivity index (χ2n) is 7.93. The third kappa shape index (κ3) is 4.92. The number of carbonyl (C=O) groups excluding carboxylic acids is 1. The van der Waals surface area contributed by atoms with E-state index in [-0.39, 0.29) is 18.6 Å². The molecule has 4 rings (SSSR count). The zero-order chi connectivity index (χ0) is 17.9.